The van der Waals surface area contributed by atoms with Gasteiger partial charge in [-0.25, -0.2) is 4.98 Å². The highest BCUT2D eigenvalue weighted by molar-refractivity contribution is 6.16. The Balaban J connectivity index is 1.62. The molecular weight excluding hydrogens is 248 g/mol. The molecule has 2 aliphatic rings. The van der Waals surface area contributed by atoms with Crippen molar-refractivity contribution in [2.45, 2.75) is 69.1 Å². The van der Waals surface area contributed by atoms with Crippen LogP contribution in [0.5, 0.6) is 0 Å². The molecule has 1 aliphatic carbocycles. The summed E-state index contributed by atoms with van der Waals surface area (Å²) in [5.41, 5.74) is 0.213. The van der Waals surface area contributed by atoms with Crippen molar-refractivity contribution >= 4 is 11.6 Å². The number of hydrogen-bond donors (Lipinski definition) is 0. The van der Waals surface area contributed by atoms with Gasteiger partial charge in [-0.3, -0.25) is 0 Å². The zero-order chi connectivity index (χ0) is 12.4. The molecule has 0 bridgehead atoms. The van der Waals surface area contributed by atoms with E-state index in [2.05, 4.69) is 9.55 Å². The summed E-state index contributed by atoms with van der Waals surface area (Å²) in [6.45, 7) is 0.907. The molecule has 1 spiro atoms. The molecule has 0 amide bonds. The molecule has 2 fully saturated rings. The first-order chi connectivity index (χ1) is 8.81. The summed E-state index contributed by atoms with van der Waals surface area (Å²) in [5, 5.41) is 0. The summed E-state index contributed by atoms with van der Waals surface area (Å²) in [6, 6.07) is 0. The molecule has 0 N–H and O–H groups in total. The smallest absolute Gasteiger partial charge is 0.123 e. The number of rotatable bonds is 3. The minimum absolute atomic E-state index is 0.213. The van der Waals surface area contributed by atoms with E-state index < -0.39 is 0 Å². The van der Waals surface area contributed by atoms with Gasteiger partial charge >= 0.3 is 0 Å². The highest BCUT2D eigenvalue weighted by Crippen LogP contribution is 2.42. The molecule has 1 aromatic heterocycles. The van der Waals surface area contributed by atoms with Gasteiger partial charge < -0.3 is 9.30 Å². The lowest BCUT2D eigenvalue weighted by Crippen LogP contribution is -2.32. The Kier molecular flexibility index (Phi) is 3.62. The fourth-order valence-electron chi connectivity index (χ4n) is 3.44. The Hall–Kier alpha value is -0.540. The molecule has 1 aromatic rings. The predicted octanol–water partition coefficient (Wildman–Crippen LogP) is 3.50. The first-order valence-corrected chi connectivity index (χ1v) is 7.59. The summed E-state index contributed by atoms with van der Waals surface area (Å²) in [6.07, 6.45) is 13.2. The van der Waals surface area contributed by atoms with Crippen molar-refractivity contribution in [3.63, 3.8) is 0 Å². The van der Waals surface area contributed by atoms with Crippen LogP contribution in [0.15, 0.2) is 12.4 Å². The molecule has 1 saturated heterocycles. The van der Waals surface area contributed by atoms with E-state index in [9.17, 15) is 0 Å². The number of aromatic nitrogens is 2. The summed E-state index contributed by atoms with van der Waals surface area (Å²) in [4.78, 5) is 4.26. The van der Waals surface area contributed by atoms with Crippen LogP contribution < -0.4 is 0 Å². The van der Waals surface area contributed by atoms with E-state index in [0.29, 0.717) is 12.0 Å². The van der Waals surface area contributed by atoms with Gasteiger partial charge in [-0.1, -0.05) is 19.3 Å². The van der Waals surface area contributed by atoms with E-state index >= 15 is 0 Å². The summed E-state index contributed by atoms with van der Waals surface area (Å²) in [7, 11) is 0. The van der Waals surface area contributed by atoms with Crippen molar-refractivity contribution in [2.75, 3.05) is 0 Å². The largest absolute Gasteiger partial charge is 0.370 e. The van der Waals surface area contributed by atoms with Crippen molar-refractivity contribution in [3.05, 3.63) is 18.2 Å². The zero-order valence-electron chi connectivity index (χ0n) is 10.8. The maximum Gasteiger partial charge on any atom is 0.123 e. The third-order valence-electron chi connectivity index (χ3n) is 4.42. The van der Waals surface area contributed by atoms with Crippen LogP contribution in [0.25, 0.3) is 0 Å². The maximum atomic E-state index is 6.37. The Morgan fingerprint density at radius 3 is 2.94 bits per heavy atom. The van der Waals surface area contributed by atoms with Crippen molar-refractivity contribution < 1.29 is 4.74 Å². The Labute approximate surface area is 113 Å². The topological polar surface area (TPSA) is 27.1 Å². The molecule has 0 radical (unpaired) electrons. The van der Waals surface area contributed by atoms with Crippen LogP contribution in [0.4, 0.5) is 0 Å². The van der Waals surface area contributed by atoms with Gasteiger partial charge in [-0.2, -0.15) is 0 Å². The highest BCUT2D eigenvalue weighted by atomic mass is 35.5. The number of halogens is 1. The standard InChI is InChI=1S/C14H21ClN2O/c15-10-13-16-8-9-17(13)11-12-4-7-14(18-12)5-2-1-3-6-14/h8-9,12H,1-7,10-11H2. The average Bonchev–Trinajstić information content (AvgIpc) is 2.99. The van der Waals surface area contributed by atoms with E-state index in [1.165, 1.54) is 44.9 Å². The van der Waals surface area contributed by atoms with E-state index in [0.717, 1.165) is 12.4 Å². The van der Waals surface area contributed by atoms with Gasteiger partial charge in [0.05, 0.1) is 24.1 Å². The lowest BCUT2D eigenvalue weighted by Gasteiger charge is -2.33. The van der Waals surface area contributed by atoms with Gasteiger partial charge in [0.25, 0.3) is 0 Å². The van der Waals surface area contributed by atoms with E-state index in [1.54, 1.807) is 0 Å². The number of ether oxygens (including phenoxy) is 1. The monoisotopic (exact) mass is 268 g/mol. The normalized spacial score (nSPS) is 26.8. The minimum Gasteiger partial charge on any atom is -0.370 e. The van der Waals surface area contributed by atoms with Crippen LogP contribution >= 0.6 is 11.6 Å². The van der Waals surface area contributed by atoms with Crippen LogP contribution in [0.3, 0.4) is 0 Å². The number of alkyl halides is 1. The van der Waals surface area contributed by atoms with E-state index in [1.807, 2.05) is 12.4 Å². The summed E-state index contributed by atoms with van der Waals surface area (Å²) in [5.74, 6) is 1.43. The van der Waals surface area contributed by atoms with Crippen molar-refractivity contribution in [2.24, 2.45) is 0 Å². The second-order valence-electron chi connectivity index (χ2n) is 5.65. The van der Waals surface area contributed by atoms with Crippen molar-refractivity contribution in [1.29, 1.82) is 0 Å². The molecule has 0 aromatic carbocycles. The maximum absolute atomic E-state index is 6.37. The third-order valence-corrected chi connectivity index (χ3v) is 4.66. The summed E-state index contributed by atoms with van der Waals surface area (Å²) >= 11 is 5.88. The van der Waals surface area contributed by atoms with Gasteiger partial charge in [0.15, 0.2) is 0 Å². The Morgan fingerprint density at radius 2 is 2.17 bits per heavy atom. The van der Waals surface area contributed by atoms with Gasteiger partial charge in [0.2, 0.25) is 0 Å². The minimum atomic E-state index is 0.213. The fourth-order valence-corrected chi connectivity index (χ4v) is 3.67. The SMILES string of the molecule is ClCc1nccn1CC1CCC2(CCCCC2)O1. The number of hydrogen-bond acceptors (Lipinski definition) is 2. The molecule has 4 heteroatoms. The molecule has 3 rings (SSSR count). The quantitative estimate of drug-likeness (QED) is 0.785. The van der Waals surface area contributed by atoms with Crippen LogP contribution in [0, 0.1) is 0 Å². The first-order valence-electron chi connectivity index (χ1n) is 7.05. The molecule has 2 heterocycles. The van der Waals surface area contributed by atoms with Crippen LogP contribution in [-0.4, -0.2) is 21.3 Å². The molecule has 1 aliphatic heterocycles. The van der Waals surface area contributed by atoms with Crippen molar-refractivity contribution in [1.82, 2.24) is 9.55 Å². The van der Waals surface area contributed by atoms with Crippen molar-refractivity contribution in [3.8, 4) is 0 Å². The second-order valence-corrected chi connectivity index (χ2v) is 5.92. The molecule has 1 unspecified atom stereocenters. The lowest BCUT2D eigenvalue weighted by molar-refractivity contribution is -0.0681. The first kappa shape index (κ1) is 12.5. The van der Waals surface area contributed by atoms with Gasteiger partial charge in [0.1, 0.15) is 5.82 Å². The fraction of sp³-hybridized carbons (Fsp3) is 0.786. The summed E-state index contributed by atoms with van der Waals surface area (Å²) < 4.78 is 8.51. The number of nitrogens with zero attached hydrogens (tertiary/aromatic N) is 2. The molecular formula is C14H21ClN2O. The van der Waals surface area contributed by atoms with Gasteiger partial charge in [-0.15, -0.1) is 11.6 Å². The number of imidazole rings is 1. The van der Waals surface area contributed by atoms with Gasteiger partial charge in [0, 0.05) is 12.4 Å². The van der Waals surface area contributed by atoms with Gasteiger partial charge in [-0.05, 0) is 25.7 Å². The molecule has 3 nitrogen and oxygen atoms in total. The molecule has 100 valence electrons. The second kappa shape index (κ2) is 5.22. The van der Waals surface area contributed by atoms with E-state index in [4.69, 9.17) is 16.3 Å². The Bertz CT molecular complexity index is 398. The lowest BCUT2D eigenvalue weighted by atomic mass is 9.83. The van der Waals surface area contributed by atoms with Crippen LogP contribution in [-0.2, 0) is 17.2 Å². The average molecular weight is 269 g/mol. The molecule has 1 saturated carbocycles. The zero-order valence-corrected chi connectivity index (χ0v) is 11.5. The van der Waals surface area contributed by atoms with Crippen LogP contribution in [0.1, 0.15) is 50.8 Å². The highest BCUT2D eigenvalue weighted by Gasteiger charge is 2.40. The third kappa shape index (κ3) is 2.43. The molecule has 1 atom stereocenters. The van der Waals surface area contributed by atoms with Crippen LogP contribution in [0.2, 0.25) is 0 Å². The molecule has 18 heavy (non-hydrogen) atoms. The Morgan fingerprint density at radius 1 is 1.33 bits per heavy atom. The predicted molar refractivity (Wildman–Crippen MR) is 71.7 cm³/mol. The van der Waals surface area contributed by atoms with E-state index in [-0.39, 0.29) is 5.60 Å².